The number of nitrogens with one attached hydrogen (secondary N) is 2. The van der Waals surface area contributed by atoms with Crippen LogP contribution in [0.4, 0.5) is 0 Å². The van der Waals surface area contributed by atoms with Gasteiger partial charge in [-0.25, -0.2) is 4.98 Å². The number of pyridine rings is 1. The molecule has 7 heteroatoms. The van der Waals surface area contributed by atoms with Gasteiger partial charge in [0.25, 0.3) is 0 Å². The Morgan fingerprint density at radius 2 is 1.88 bits per heavy atom. The van der Waals surface area contributed by atoms with E-state index < -0.39 is 6.10 Å². The summed E-state index contributed by atoms with van der Waals surface area (Å²) in [6, 6.07) is 11.1. The van der Waals surface area contributed by atoms with Gasteiger partial charge in [0, 0.05) is 18.6 Å². The summed E-state index contributed by atoms with van der Waals surface area (Å²) in [5.41, 5.74) is 2.36. The van der Waals surface area contributed by atoms with Gasteiger partial charge in [-0.1, -0.05) is 43.5 Å². The van der Waals surface area contributed by atoms with Gasteiger partial charge in [-0.3, -0.25) is 4.79 Å². The number of amides is 1. The number of β-amino-alcohol motifs (C(OH)–C–C–N with tert-alkyl or cyclic N) is 1. The molecule has 0 spiro atoms. The van der Waals surface area contributed by atoms with Crippen LogP contribution in [0.3, 0.4) is 0 Å². The lowest BCUT2D eigenvalue weighted by Crippen LogP contribution is -2.43. The smallest absolute Gasteiger partial charge is 0.224 e. The Labute approximate surface area is 202 Å². The van der Waals surface area contributed by atoms with Crippen LogP contribution < -0.4 is 10.6 Å². The molecule has 1 saturated carbocycles. The topological polar surface area (TPSA) is 115 Å². The minimum atomic E-state index is -0.871. The standard InChI is InChI=1S/C27H39N3O4/c1-27(2,29-17-25(33)22-11-12-24(32)23(18-31)30-22)15-21-10-6-9-20(13-21)14-26(34)28-16-19-7-4-3-5-8-19/h6,9-13,19,25,29,31-33H,3-5,7-8,14-18H2,1-2H3,(H,28,34). The molecule has 0 bridgehead atoms. The summed E-state index contributed by atoms with van der Waals surface area (Å²) >= 11 is 0. The quantitative estimate of drug-likeness (QED) is 0.345. The molecule has 7 nitrogen and oxygen atoms in total. The number of aliphatic hydroxyl groups excluding tert-OH is 2. The van der Waals surface area contributed by atoms with Crippen LogP contribution in [-0.2, 0) is 24.2 Å². The number of carbonyl (C=O) groups is 1. The maximum Gasteiger partial charge on any atom is 0.224 e. The molecule has 0 radical (unpaired) electrons. The Hall–Kier alpha value is -2.48. The van der Waals surface area contributed by atoms with Crippen LogP contribution in [0.2, 0.25) is 0 Å². The average Bonchev–Trinajstić information content (AvgIpc) is 2.82. The summed E-state index contributed by atoms with van der Waals surface area (Å²) in [5, 5.41) is 35.9. The molecule has 0 aliphatic heterocycles. The minimum absolute atomic E-state index is 0.0758. The number of aliphatic hydroxyl groups is 2. The number of rotatable bonds is 11. The number of hydrogen-bond donors (Lipinski definition) is 5. The lowest BCUT2D eigenvalue weighted by Gasteiger charge is -2.28. The van der Waals surface area contributed by atoms with Crippen LogP contribution in [0.1, 0.15) is 74.6 Å². The molecule has 1 atom stereocenters. The maximum atomic E-state index is 12.4. The second-order valence-electron chi connectivity index (χ2n) is 10.1. The molecule has 3 rings (SSSR count). The fraction of sp³-hybridized carbons (Fsp3) is 0.556. The largest absolute Gasteiger partial charge is 0.506 e. The fourth-order valence-corrected chi connectivity index (χ4v) is 4.61. The van der Waals surface area contributed by atoms with Crippen molar-refractivity contribution in [2.75, 3.05) is 13.1 Å². The van der Waals surface area contributed by atoms with Gasteiger partial charge in [0.2, 0.25) is 5.91 Å². The molecule has 1 heterocycles. The van der Waals surface area contributed by atoms with E-state index in [1.54, 1.807) is 6.07 Å². The highest BCUT2D eigenvalue weighted by atomic mass is 16.3. The molecule has 5 N–H and O–H groups in total. The van der Waals surface area contributed by atoms with Crippen molar-refractivity contribution >= 4 is 5.91 Å². The molecular formula is C27H39N3O4. The molecule has 2 aromatic rings. The molecule has 34 heavy (non-hydrogen) atoms. The Morgan fingerprint density at radius 3 is 2.62 bits per heavy atom. The third kappa shape index (κ3) is 8.08. The molecule has 186 valence electrons. The number of hydrogen-bond acceptors (Lipinski definition) is 6. The molecular weight excluding hydrogens is 430 g/mol. The van der Waals surface area contributed by atoms with Crippen molar-refractivity contribution in [3.63, 3.8) is 0 Å². The molecule has 1 fully saturated rings. The molecule has 1 unspecified atom stereocenters. The molecule has 1 aliphatic carbocycles. The van der Waals surface area contributed by atoms with Gasteiger partial charge in [-0.2, -0.15) is 0 Å². The van der Waals surface area contributed by atoms with Crippen molar-refractivity contribution in [3.8, 4) is 5.75 Å². The van der Waals surface area contributed by atoms with Crippen molar-refractivity contribution in [2.24, 2.45) is 5.92 Å². The van der Waals surface area contributed by atoms with E-state index >= 15 is 0 Å². The van der Waals surface area contributed by atoms with Crippen LogP contribution in [0.5, 0.6) is 5.75 Å². The Balaban J connectivity index is 1.50. The van der Waals surface area contributed by atoms with E-state index in [4.69, 9.17) is 0 Å². The third-order valence-corrected chi connectivity index (χ3v) is 6.55. The lowest BCUT2D eigenvalue weighted by molar-refractivity contribution is -0.120. The summed E-state index contributed by atoms with van der Waals surface area (Å²) in [6.07, 6.45) is 6.55. The van der Waals surface area contributed by atoms with Crippen molar-refractivity contribution in [1.29, 1.82) is 0 Å². The molecule has 1 aromatic heterocycles. The highest BCUT2D eigenvalue weighted by Crippen LogP contribution is 2.23. The van der Waals surface area contributed by atoms with E-state index in [2.05, 4.69) is 41.6 Å². The number of aromatic hydroxyl groups is 1. The Morgan fingerprint density at radius 1 is 1.15 bits per heavy atom. The first-order valence-corrected chi connectivity index (χ1v) is 12.3. The first-order chi connectivity index (χ1) is 16.3. The van der Waals surface area contributed by atoms with Gasteiger partial charge in [0.15, 0.2) is 0 Å². The van der Waals surface area contributed by atoms with Gasteiger partial charge < -0.3 is 26.0 Å². The van der Waals surface area contributed by atoms with Crippen molar-refractivity contribution in [3.05, 3.63) is 58.9 Å². The maximum absolute atomic E-state index is 12.4. The summed E-state index contributed by atoms with van der Waals surface area (Å²) < 4.78 is 0. The fourth-order valence-electron chi connectivity index (χ4n) is 4.61. The zero-order chi connectivity index (χ0) is 24.6. The number of aromatic nitrogens is 1. The second-order valence-corrected chi connectivity index (χ2v) is 10.1. The van der Waals surface area contributed by atoms with Crippen molar-refractivity contribution in [1.82, 2.24) is 15.6 Å². The summed E-state index contributed by atoms with van der Waals surface area (Å²) in [6.45, 7) is 4.80. The average molecular weight is 470 g/mol. The van der Waals surface area contributed by atoms with Gasteiger partial charge in [0.1, 0.15) is 17.5 Å². The summed E-state index contributed by atoms with van der Waals surface area (Å²) in [4.78, 5) is 16.6. The monoisotopic (exact) mass is 469 g/mol. The highest BCUT2D eigenvalue weighted by molar-refractivity contribution is 5.78. The predicted octanol–water partition coefficient (Wildman–Crippen LogP) is 3.16. The summed E-state index contributed by atoms with van der Waals surface area (Å²) in [5.74, 6) is 0.611. The molecule has 0 saturated heterocycles. The zero-order valence-electron chi connectivity index (χ0n) is 20.4. The lowest BCUT2D eigenvalue weighted by atomic mass is 9.89. The molecule has 1 aromatic carbocycles. The normalized spacial score (nSPS) is 15.8. The van der Waals surface area contributed by atoms with E-state index in [9.17, 15) is 20.1 Å². The zero-order valence-corrected chi connectivity index (χ0v) is 20.4. The first kappa shape index (κ1) is 26.1. The number of nitrogens with zero attached hydrogens (tertiary/aromatic N) is 1. The second kappa shape index (κ2) is 12.3. The van der Waals surface area contributed by atoms with Crippen molar-refractivity contribution < 1.29 is 20.1 Å². The van der Waals surface area contributed by atoms with Crippen LogP contribution in [-0.4, -0.2) is 44.8 Å². The van der Waals surface area contributed by atoms with Gasteiger partial charge in [0.05, 0.1) is 18.7 Å². The summed E-state index contributed by atoms with van der Waals surface area (Å²) in [7, 11) is 0. The number of benzene rings is 1. The van der Waals surface area contributed by atoms with Crippen LogP contribution in [0, 0.1) is 5.92 Å². The third-order valence-electron chi connectivity index (χ3n) is 6.55. The predicted molar refractivity (Wildman–Crippen MR) is 132 cm³/mol. The first-order valence-electron chi connectivity index (χ1n) is 12.3. The van der Waals surface area contributed by atoms with E-state index in [0.29, 0.717) is 18.0 Å². The Bertz CT molecular complexity index is 941. The Kier molecular flexibility index (Phi) is 9.45. The SMILES string of the molecule is CC(C)(Cc1cccc(CC(=O)NCC2CCCCC2)c1)NCC(O)c1ccc(O)c(CO)n1. The van der Waals surface area contributed by atoms with E-state index in [1.807, 2.05) is 12.1 Å². The number of carbonyl (C=O) groups excluding carboxylic acids is 1. The van der Waals surface area contributed by atoms with Gasteiger partial charge >= 0.3 is 0 Å². The van der Waals surface area contributed by atoms with Gasteiger partial charge in [-0.15, -0.1) is 0 Å². The van der Waals surface area contributed by atoms with Crippen molar-refractivity contribution in [2.45, 2.75) is 77.0 Å². The van der Waals surface area contributed by atoms with E-state index in [-0.39, 0.29) is 36.0 Å². The van der Waals surface area contributed by atoms with E-state index in [0.717, 1.165) is 24.1 Å². The van der Waals surface area contributed by atoms with Crippen LogP contribution >= 0.6 is 0 Å². The van der Waals surface area contributed by atoms with E-state index in [1.165, 1.54) is 38.2 Å². The minimum Gasteiger partial charge on any atom is -0.506 e. The van der Waals surface area contributed by atoms with Crippen LogP contribution in [0.15, 0.2) is 36.4 Å². The van der Waals surface area contributed by atoms with Crippen LogP contribution in [0.25, 0.3) is 0 Å². The van der Waals surface area contributed by atoms with Gasteiger partial charge in [-0.05, 0) is 62.3 Å². The highest BCUT2D eigenvalue weighted by Gasteiger charge is 2.21. The molecule has 1 amide bonds. The molecule has 1 aliphatic rings.